The van der Waals surface area contributed by atoms with Gasteiger partial charge in [0.2, 0.25) is 0 Å². The summed E-state index contributed by atoms with van der Waals surface area (Å²) in [5.41, 5.74) is -0.227. The summed E-state index contributed by atoms with van der Waals surface area (Å²) in [5, 5.41) is 0. The van der Waals surface area contributed by atoms with E-state index in [2.05, 4.69) is 27.7 Å². The van der Waals surface area contributed by atoms with Crippen molar-refractivity contribution < 1.29 is 42.2 Å². The van der Waals surface area contributed by atoms with Crippen LogP contribution < -0.4 is 0 Å². The molecule has 0 aromatic heterocycles. The van der Waals surface area contributed by atoms with Crippen molar-refractivity contribution in [3.8, 4) is 0 Å². The molecule has 0 saturated heterocycles. The van der Waals surface area contributed by atoms with Crippen molar-refractivity contribution >= 4 is 5.78 Å². The van der Waals surface area contributed by atoms with Crippen molar-refractivity contribution in [2.24, 2.45) is 5.41 Å². The summed E-state index contributed by atoms with van der Waals surface area (Å²) in [7, 11) is 0. The van der Waals surface area contributed by atoms with E-state index in [0.29, 0.717) is 13.0 Å². The van der Waals surface area contributed by atoms with Crippen LogP contribution in [0.2, 0.25) is 0 Å². The predicted molar refractivity (Wildman–Crippen MR) is 74.8 cm³/mol. The number of ketones is 1. The first-order valence-corrected chi connectivity index (χ1v) is 6.39. The van der Waals surface area contributed by atoms with Gasteiger partial charge in [-0.1, -0.05) is 27.2 Å². The Hall–Kier alpha value is 0.734. The zero-order valence-electron chi connectivity index (χ0n) is 13.1. The molecule has 0 N–H and O–H groups in total. The minimum atomic E-state index is -0.227. The van der Waals surface area contributed by atoms with Gasteiger partial charge in [0.1, 0.15) is 5.78 Å². The SMILES string of the molecule is C[C-](C)C.[CH2-]CCCOCCC(=O)C(C)(C)C.[Y]. The molecule has 0 aliphatic heterocycles. The van der Waals surface area contributed by atoms with Gasteiger partial charge in [0.15, 0.2) is 0 Å². The molecular weight excluding hydrogens is 301 g/mol. The normalized spacial score (nSPS) is 10.4. The Bertz CT molecular complexity index is 181. The maximum Gasteiger partial charge on any atom is 0.140 e. The first-order chi connectivity index (χ1) is 7.71. The van der Waals surface area contributed by atoms with Crippen molar-refractivity contribution in [3.05, 3.63) is 12.8 Å². The van der Waals surface area contributed by atoms with E-state index in [-0.39, 0.29) is 43.9 Å². The van der Waals surface area contributed by atoms with Gasteiger partial charge < -0.3 is 17.6 Å². The van der Waals surface area contributed by atoms with Crippen LogP contribution >= 0.6 is 0 Å². The number of hydrogen-bond donors (Lipinski definition) is 0. The minimum absolute atomic E-state index is 0. The molecule has 3 heteroatoms. The zero-order chi connectivity index (χ0) is 13.9. The van der Waals surface area contributed by atoms with Gasteiger partial charge in [-0.25, -0.2) is 0 Å². The monoisotopic (exact) mass is 331 g/mol. The molecule has 2 nitrogen and oxygen atoms in total. The molecule has 0 fully saturated rings. The molecule has 0 atom stereocenters. The van der Waals surface area contributed by atoms with Crippen LogP contribution in [0.3, 0.4) is 0 Å². The average Bonchev–Trinajstić information content (AvgIpc) is 2.14. The summed E-state index contributed by atoms with van der Waals surface area (Å²) in [6.07, 6.45) is 2.40. The molecule has 0 saturated carbocycles. The van der Waals surface area contributed by atoms with E-state index in [0.717, 1.165) is 19.4 Å². The van der Waals surface area contributed by atoms with Gasteiger partial charge in [0.25, 0.3) is 0 Å². The molecule has 0 aromatic rings. The second kappa shape index (κ2) is 14.1. The van der Waals surface area contributed by atoms with Crippen molar-refractivity contribution in [2.75, 3.05) is 13.2 Å². The first-order valence-electron chi connectivity index (χ1n) is 6.39. The van der Waals surface area contributed by atoms with Crippen LogP contribution in [0, 0.1) is 18.3 Å². The molecule has 0 aromatic carbocycles. The fraction of sp³-hybridized carbons (Fsp3) is 0.800. The number of hydrogen-bond acceptors (Lipinski definition) is 2. The van der Waals surface area contributed by atoms with Gasteiger partial charge in [-0.15, -0.1) is 0 Å². The van der Waals surface area contributed by atoms with Gasteiger partial charge in [-0.3, -0.25) is 4.79 Å². The van der Waals surface area contributed by atoms with Crippen LogP contribution in [0.15, 0.2) is 0 Å². The number of Topliss-reactive ketones (excluding diaryl/α,β-unsaturated/α-hetero) is 1. The molecule has 0 unspecified atom stereocenters. The minimum Gasteiger partial charge on any atom is -0.381 e. The number of unbranched alkanes of at least 4 members (excludes halogenated alkanes) is 1. The maximum atomic E-state index is 11.4. The largest absolute Gasteiger partial charge is 0.381 e. The Morgan fingerprint density at radius 3 is 1.94 bits per heavy atom. The molecule has 107 valence electrons. The van der Waals surface area contributed by atoms with E-state index in [1.54, 1.807) is 0 Å². The summed E-state index contributed by atoms with van der Waals surface area (Å²) < 4.78 is 5.28. The summed E-state index contributed by atoms with van der Waals surface area (Å²) >= 11 is 0. The second-order valence-corrected chi connectivity index (χ2v) is 5.74. The van der Waals surface area contributed by atoms with Crippen LogP contribution in [-0.2, 0) is 42.2 Å². The van der Waals surface area contributed by atoms with Gasteiger partial charge in [-0.05, 0) is 0 Å². The Kier molecular flexibility index (Phi) is 18.7. The molecule has 0 aliphatic rings. The van der Waals surface area contributed by atoms with Gasteiger partial charge in [0, 0.05) is 51.2 Å². The smallest absolute Gasteiger partial charge is 0.140 e. The molecule has 0 bridgehead atoms. The van der Waals surface area contributed by atoms with E-state index in [4.69, 9.17) is 4.74 Å². The summed E-state index contributed by atoms with van der Waals surface area (Å²) in [6.45, 7) is 17.0. The molecule has 0 heterocycles. The Labute approximate surface area is 140 Å². The molecule has 1 radical (unpaired) electrons. The van der Waals surface area contributed by atoms with Gasteiger partial charge in [0.05, 0.1) is 6.61 Å². The summed E-state index contributed by atoms with van der Waals surface area (Å²) in [4.78, 5) is 11.4. The standard InChI is InChI=1S/C11H21O2.C4H9.Y/c1-5-6-8-13-9-7-10(12)11(2,3)4;1-4(2)3;/h1,5-9H2,2-4H3;1-3H3;/q2*-1;. The van der Waals surface area contributed by atoms with E-state index in [1.807, 2.05) is 20.8 Å². The Morgan fingerprint density at radius 2 is 1.61 bits per heavy atom. The van der Waals surface area contributed by atoms with Crippen LogP contribution in [0.5, 0.6) is 0 Å². The summed E-state index contributed by atoms with van der Waals surface area (Å²) in [5.74, 6) is 1.68. The molecule has 18 heavy (non-hydrogen) atoms. The van der Waals surface area contributed by atoms with Crippen molar-refractivity contribution in [1.82, 2.24) is 0 Å². The van der Waals surface area contributed by atoms with Crippen molar-refractivity contribution in [2.45, 2.75) is 60.8 Å². The third-order valence-corrected chi connectivity index (χ3v) is 1.85. The fourth-order valence-electron chi connectivity index (χ4n) is 0.846. The van der Waals surface area contributed by atoms with Crippen LogP contribution in [-0.4, -0.2) is 19.0 Å². The molecule has 0 rings (SSSR count). The number of carbonyl (C=O) groups is 1. The van der Waals surface area contributed by atoms with Crippen LogP contribution in [0.25, 0.3) is 0 Å². The summed E-state index contributed by atoms with van der Waals surface area (Å²) in [6, 6.07) is 0. The molecule has 0 aliphatic carbocycles. The van der Waals surface area contributed by atoms with E-state index < -0.39 is 0 Å². The van der Waals surface area contributed by atoms with Crippen molar-refractivity contribution in [1.29, 1.82) is 0 Å². The fourth-order valence-corrected chi connectivity index (χ4v) is 0.846. The molecule has 0 spiro atoms. The third kappa shape index (κ3) is 22.0. The third-order valence-electron chi connectivity index (χ3n) is 1.85. The molecular formula is C15H30O2Y-2. The van der Waals surface area contributed by atoms with Crippen LogP contribution in [0.4, 0.5) is 0 Å². The first kappa shape index (κ1) is 23.8. The van der Waals surface area contributed by atoms with Gasteiger partial charge in [-0.2, -0.15) is 27.2 Å². The molecule has 0 amide bonds. The quantitative estimate of drug-likeness (QED) is 0.537. The number of carbonyl (C=O) groups excluding carboxylic acids is 1. The number of ether oxygens (including phenoxy) is 1. The Morgan fingerprint density at radius 1 is 1.17 bits per heavy atom. The van der Waals surface area contributed by atoms with Crippen LogP contribution in [0.1, 0.15) is 60.8 Å². The Balaban J connectivity index is -0.000000392. The average molecular weight is 331 g/mol. The maximum absolute atomic E-state index is 11.4. The van der Waals surface area contributed by atoms with E-state index >= 15 is 0 Å². The zero-order valence-corrected chi connectivity index (χ0v) is 16.0. The van der Waals surface area contributed by atoms with Crippen molar-refractivity contribution in [3.63, 3.8) is 0 Å². The number of rotatable bonds is 6. The second-order valence-electron chi connectivity index (χ2n) is 5.74. The van der Waals surface area contributed by atoms with Gasteiger partial charge >= 0.3 is 0 Å². The van der Waals surface area contributed by atoms with E-state index in [1.165, 1.54) is 5.92 Å². The van der Waals surface area contributed by atoms with E-state index in [9.17, 15) is 4.79 Å². The topological polar surface area (TPSA) is 26.3 Å². The predicted octanol–water partition coefficient (Wildman–Crippen LogP) is 4.24.